The molecule has 3 nitrogen and oxygen atoms in total. The van der Waals surface area contributed by atoms with Gasteiger partial charge in [-0.2, -0.15) is 0 Å². The number of benzene rings is 1. The van der Waals surface area contributed by atoms with Gasteiger partial charge in [-0.3, -0.25) is 4.79 Å². The second-order valence-electron chi connectivity index (χ2n) is 2.93. The summed E-state index contributed by atoms with van der Waals surface area (Å²) in [6.45, 7) is 2.51. The lowest BCUT2D eigenvalue weighted by Crippen LogP contribution is -2.23. The Balaban J connectivity index is 3.02. The Morgan fingerprint density at radius 3 is 2.80 bits per heavy atom. The molecule has 0 aliphatic carbocycles. The molecule has 0 radical (unpaired) electrons. The summed E-state index contributed by atoms with van der Waals surface area (Å²) in [5.41, 5.74) is 0.581. The molecular weight excluding hydrogens is 210 g/mol. The minimum atomic E-state index is -0.0954. The molecule has 1 aromatic rings. The van der Waals surface area contributed by atoms with Crippen LogP contribution in [-0.2, 0) is 0 Å². The summed E-state index contributed by atoms with van der Waals surface area (Å²) in [6.07, 6.45) is 1.99. The summed E-state index contributed by atoms with van der Waals surface area (Å²) in [6, 6.07) is 5.57. The molecule has 15 heavy (non-hydrogen) atoms. The van der Waals surface area contributed by atoms with Gasteiger partial charge in [-0.15, -0.1) is 11.8 Å². The molecule has 0 aromatic heterocycles. The Morgan fingerprint density at radius 1 is 1.53 bits per heavy atom. The number of thioether (sulfide) groups is 1. The average molecular weight is 225 g/mol. The van der Waals surface area contributed by atoms with Crippen LogP contribution < -0.4 is 10.1 Å². The molecular formula is C11H15NO2S. The van der Waals surface area contributed by atoms with Gasteiger partial charge in [0, 0.05) is 11.4 Å². The molecule has 0 atom stereocenters. The van der Waals surface area contributed by atoms with Crippen molar-refractivity contribution in [2.75, 3.05) is 19.9 Å². The third-order valence-electron chi connectivity index (χ3n) is 1.99. The van der Waals surface area contributed by atoms with Crippen molar-refractivity contribution < 1.29 is 9.53 Å². The fraction of sp³-hybridized carbons (Fsp3) is 0.364. The monoisotopic (exact) mass is 225 g/mol. The summed E-state index contributed by atoms with van der Waals surface area (Å²) < 4.78 is 5.18. The minimum Gasteiger partial charge on any atom is -0.496 e. The summed E-state index contributed by atoms with van der Waals surface area (Å²) >= 11 is 1.62. The predicted molar refractivity (Wildman–Crippen MR) is 62.8 cm³/mol. The fourth-order valence-electron chi connectivity index (χ4n) is 1.24. The SMILES string of the molecule is CCNC(=O)c1ccc(SC)cc1OC. The van der Waals surface area contributed by atoms with E-state index in [9.17, 15) is 4.79 Å². The molecule has 0 heterocycles. The number of hydrogen-bond acceptors (Lipinski definition) is 3. The largest absolute Gasteiger partial charge is 0.496 e. The van der Waals surface area contributed by atoms with E-state index in [1.165, 1.54) is 0 Å². The predicted octanol–water partition coefficient (Wildman–Crippen LogP) is 2.17. The molecule has 0 aliphatic rings. The highest BCUT2D eigenvalue weighted by Crippen LogP contribution is 2.25. The van der Waals surface area contributed by atoms with Gasteiger partial charge >= 0.3 is 0 Å². The lowest BCUT2D eigenvalue weighted by atomic mass is 10.2. The molecule has 0 aliphatic heterocycles. The molecule has 0 saturated carbocycles. The van der Waals surface area contributed by atoms with Crippen LogP contribution in [0.5, 0.6) is 5.75 Å². The maximum Gasteiger partial charge on any atom is 0.255 e. The average Bonchev–Trinajstić information content (AvgIpc) is 2.28. The molecule has 0 unspecified atom stereocenters. The number of ether oxygens (including phenoxy) is 1. The van der Waals surface area contributed by atoms with E-state index in [0.29, 0.717) is 17.9 Å². The highest BCUT2D eigenvalue weighted by molar-refractivity contribution is 7.98. The van der Waals surface area contributed by atoms with Crippen molar-refractivity contribution in [2.45, 2.75) is 11.8 Å². The lowest BCUT2D eigenvalue weighted by Gasteiger charge is -2.09. The van der Waals surface area contributed by atoms with Crippen LogP contribution in [0.1, 0.15) is 17.3 Å². The molecule has 0 fully saturated rings. The number of carbonyl (C=O) groups excluding carboxylic acids is 1. The van der Waals surface area contributed by atoms with Crippen LogP contribution in [0.3, 0.4) is 0 Å². The summed E-state index contributed by atoms with van der Waals surface area (Å²) in [4.78, 5) is 12.7. The quantitative estimate of drug-likeness (QED) is 0.798. The van der Waals surface area contributed by atoms with Crippen molar-refractivity contribution in [3.63, 3.8) is 0 Å². The Hall–Kier alpha value is -1.16. The van der Waals surface area contributed by atoms with Gasteiger partial charge in [0.05, 0.1) is 12.7 Å². The van der Waals surface area contributed by atoms with E-state index in [1.807, 2.05) is 25.3 Å². The third kappa shape index (κ3) is 2.89. The van der Waals surface area contributed by atoms with E-state index in [1.54, 1.807) is 24.9 Å². The van der Waals surface area contributed by atoms with Crippen LogP contribution >= 0.6 is 11.8 Å². The van der Waals surface area contributed by atoms with Gasteiger partial charge < -0.3 is 10.1 Å². The summed E-state index contributed by atoms with van der Waals surface area (Å²) in [5.74, 6) is 0.523. The number of carbonyl (C=O) groups is 1. The van der Waals surface area contributed by atoms with E-state index >= 15 is 0 Å². The van der Waals surface area contributed by atoms with Crippen LogP contribution in [0.4, 0.5) is 0 Å². The van der Waals surface area contributed by atoms with Crippen LogP contribution in [-0.4, -0.2) is 25.8 Å². The van der Waals surface area contributed by atoms with Gasteiger partial charge in [-0.05, 0) is 31.4 Å². The van der Waals surface area contributed by atoms with E-state index in [4.69, 9.17) is 4.74 Å². The van der Waals surface area contributed by atoms with E-state index in [2.05, 4.69) is 5.32 Å². The molecule has 1 amide bonds. The topological polar surface area (TPSA) is 38.3 Å². The number of rotatable bonds is 4. The molecule has 1 rings (SSSR count). The molecule has 82 valence electrons. The second kappa shape index (κ2) is 5.66. The van der Waals surface area contributed by atoms with Gasteiger partial charge in [0.15, 0.2) is 0 Å². The first-order valence-corrected chi connectivity index (χ1v) is 5.95. The lowest BCUT2D eigenvalue weighted by molar-refractivity contribution is 0.0952. The molecule has 0 bridgehead atoms. The van der Waals surface area contributed by atoms with Crippen LogP contribution in [0.25, 0.3) is 0 Å². The molecule has 4 heteroatoms. The Morgan fingerprint density at radius 2 is 2.27 bits per heavy atom. The smallest absolute Gasteiger partial charge is 0.255 e. The van der Waals surface area contributed by atoms with Gasteiger partial charge in [0.2, 0.25) is 0 Å². The second-order valence-corrected chi connectivity index (χ2v) is 3.81. The first-order chi connectivity index (χ1) is 7.22. The third-order valence-corrected chi connectivity index (χ3v) is 2.72. The minimum absolute atomic E-state index is 0.0954. The normalized spacial score (nSPS) is 9.80. The summed E-state index contributed by atoms with van der Waals surface area (Å²) in [5, 5.41) is 2.75. The van der Waals surface area contributed by atoms with Crippen molar-refractivity contribution in [3.05, 3.63) is 23.8 Å². The summed E-state index contributed by atoms with van der Waals surface area (Å²) in [7, 11) is 1.57. The first-order valence-electron chi connectivity index (χ1n) is 4.73. The van der Waals surface area contributed by atoms with Crippen molar-refractivity contribution in [2.24, 2.45) is 0 Å². The van der Waals surface area contributed by atoms with Gasteiger partial charge in [0.25, 0.3) is 5.91 Å². The van der Waals surface area contributed by atoms with Crippen molar-refractivity contribution in [1.82, 2.24) is 5.32 Å². The van der Waals surface area contributed by atoms with Crippen LogP contribution in [0.15, 0.2) is 23.1 Å². The van der Waals surface area contributed by atoms with Gasteiger partial charge in [-0.1, -0.05) is 0 Å². The zero-order chi connectivity index (χ0) is 11.3. The fourth-order valence-corrected chi connectivity index (χ4v) is 1.67. The standard InChI is InChI=1S/C11H15NO2S/c1-4-12-11(13)9-6-5-8(15-3)7-10(9)14-2/h5-7H,4H2,1-3H3,(H,12,13). The van der Waals surface area contributed by atoms with Crippen molar-refractivity contribution in [1.29, 1.82) is 0 Å². The van der Waals surface area contributed by atoms with E-state index in [0.717, 1.165) is 4.90 Å². The Bertz CT molecular complexity index is 352. The van der Waals surface area contributed by atoms with Gasteiger partial charge in [-0.25, -0.2) is 0 Å². The van der Waals surface area contributed by atoms with Crippen LogP contribution in [0.2, 0.25) is 0 Å². The molecule has 1 aromatic carbocycles. The van der Waals surface area contributed by atoms with E-state index < -0.39 is 0 Å². The first kappa shape index (κ1) is 11.9. The number of hydrogen-bond donors (Lipinski definition) is 1. The maximum absolute atomic E-state index is 11.6. The molecule has 0 spiro atoms. The maximum atomic E-state index is 11.6. The Labute approximate surface area is 94.2 Å². The number of amides is 1. The zero-order valence-electron chi connectivity index (χ0n) is 9.16. The van der Waals surface area contributed by atoms with Crippen LogP contribution in [0, 0.1) is 0 Å². The highest BCUT2D eigenvalue weighted by atomic mass is 32.2. The highest BCUT2D eigenvalue weighted by Gasteiger charge is 2.11. The van der Waals surface area contributed by atoms with Crippen molar-refractivity contribution in [3.8, 4) is 5.75 Å². The van der Waals surface area contributed by atoms with Crippen molar-refractivity contribution >= 4 is 17.7 Å². The number of methoxy groups -OCH3 is 1. The zero-order valence-corrected chi connectivity index (χ0v) is 9.98. The molecule has 1 N–H and O–H groups in total. The Kier molecular flexibility index (Phi) is 4.49. The molecule has 0 saturated heterocycles. The van der Waals surface area contributed by atoms with Gasteiger partial charge in [0.1, 0.15) is 5.75 Å². The van der Waals surface area contributed by atoms with E-state index in [-0.39, 0.29) is 5.91 Å². The number of nitrogens with one attached hydrogen (secondary N) is 1.